The SMILES string of the molecule is O=C(NCc1cccnc1)Nc1ccc(NS(=O)(=O)c2cc(Cl)ccc2Cl)cc1. The molecule has 0 spiro atoms. The van der Waals surface area contributed by atoms with Crippen molar-refractivity contribution in [1.29, 1.82) is 0 Å². The molecule has 1 aromatic heterocycles. The third-order valence-electron chi connectivity index (χ3n) is 3.75. The minimum atomic E-state index is -3.91. The first-order chi connectivity index (χ1) is 13.8. The number of hydrogen-bond acceptors (Lipinski definition) is 4. The zero-order valence-electron chi connectivity index (χ0n) is 14.9. The van der Waals surface area contributed by atoms with E-state index < -0.39 is 16.1 Å². The topological polar surface area (TPSA) is 100 Å². The highest BCUT2D eigenvalue weighted by Crippen LogP contribution is 2.27. The average molecular weight is 451 g/mol. The molecule has 0 saturated carbocycles. The van der Waals surface area contributed by atoms with E-state index in [2.05, 4.69) is 20.3 Å². The lowest BCUT2D eigenvalue weighted by Crippen LogP contribution is -2.28. The van der Waals surface area contributed by atoms with Crippen molar-refractivity contribution in [3.8, 4) is 0 Å². The Balaban J connectivity index is 1.61. The van der Waals surface area contributed by atoms with Crippen molar-refractivity contribution < 1.29 is 13.2 Å². The van der Waals surface area contributed by atoms with Crippen LogP contribution in [0.5, 0.6) is 0 Å². The second-order valence-electron chi connectivity index (χ2n) is 5.93. The van der Waals surface area contributed by atoms with Gasteiger partial charge in [0.05, 0.1) is 5.02 Å². The summed E-state index contributed by atoms with van der Waals surface area (Å²) in [5.74, 6) is 0. The first-order valence-electron chi connectivity index (χ1n) is 8.35. The zero-order chi connectivity index (χ0) is 20.9. The predicted octanol–water partition coefficient (Wildman–Crippen LogP) is 4.51. The molecule has 0 radical (unpaired) electrons. The molecule has 29 heavy (non-hydrogen) atoms. The summed E-state index contributed by atoms with van der Waals surface area (Å²) in [6, 6.07) is 13.6. The van der Waals surface area contributed by atoms with Gasteiger partial charge in [0.15, 0.2) is 0 Å². The van der Waals surface area contributed by atoms with E-state index in [9.17, 15) is 13.2 Å². The van der Waals surface area contributed by atoms with E-state index in [-0.39, 0.29) is 14.9 Å². The third kappa shape index (κ3) is 5.83. The van der Waals surface area contributed by atoms with Gasteiger partial charge in [-0.05, 0) is 54.1 Å². The minimum absolute atomic E-state index is 0.0606. The van der Waals surface area contributed by atoms with Crippen LogP contribution < -0.4 is 15.4 Å². The molecule has 0 aliphatic heterocycles. The number of carbonyl (C=O) groups is 1. The summed E-state index contributed by atoms with van der Waals surface area (Å²) >= 11 is 11.8. The summed E-state index contributed by atoms with van der Waals surface area (Å²) < 4.78 is 27.5. The van der Waals surface area contributed by atoms with E-state index in [1.165, 1.54) is 30.3 Å². The highest BCUT2D eigenvalue weighted by atomic mass is 35.5. The Kier molecular flexibility index (Phi) is 6.58. The van der Waals surface area contributed by atoms with Crippen molar-refractivity contribution >= 4 is 50.6 Å². The Morgan fingerprint density at radius 3 is 2.41 bits per heavy atom. The van der Waals surface area contributed by atoms with E-state index in [1.807, 2.05) is 6.07 Å². The van der Waals surface area contributed by atoms with E-state index >= 15 is 0 Å². The Morgan fingerprint density at radius 1 is 1.00 bits per heavy atom. The van der Waals surface area contributed by atoms with Crippen molar-refractivity contribution in [2.24, 2.45) is 0 Å². The van der Waals surface area contributed by atoms with Crippen molar-refractivity contribution in [3.05, 3.63) is 82.6 Å². The largest absolute Gasteiger partial charge is 0.334 e. The summed E-state index contributed by atoms with van der Waals surface area (Å²) in [6.07, 6.45) is 3.31. The van der Waals surface area contributed by atoms with Gasteiger partial charge < -0.3 is 10.6 Å². The number of rotatable bonds is 6. The quantitative estimate of drug-likeness (QED) is 0.514. The summed E-state index contributed by atoms with van der Waals surface area (Å²) in [5.41, 5.74) is 1.67. The average Bonchev–Trinajstić information content (AvgIpc) is 2.70. The van der Waals surface area contributed by atoms with Crippen LogP contribution >= 0.6 is 23.2 Å². The van der Waals surface area contributed by atoms with Gasteiger partial charge in [0, 0.05) is 35.3 Å². The number of aromatic nitrogens is 1. The van der Waals surface area contributed by atoms with Crippen LogP contribution in [0.3, 0.4) is 0 Å². The van der Waals surface area contributed by atoms with Crippen LogP contribution in [0.1, 0.15) is 5.56 Å². The lowest BCUT2D eigenvalue weighted by Gasteiger charge is -2.11. The van der Waals surface area contributed by atoms with Gasteiger partial charge in [-0.1, -0.05) is 29.3 Å². The molecule has 0 aliphatic carbocycles. The standard InChI is InChI=1S/C19H16Cl2N4O3S/c20-14-3-8-17(21)18(10-14)29(27,28)25-16-6-4-15(5-7-16)24-19(26)23-12-13-2-1-9-22-11-13/h1-11,25H,12H2,(H2,23,24,26). The molecular weight excluding hydrogens is 435 g/mol. The predicted molar refractivity (Wildman–Crippen MR) is 114 cm³/mol. The number of benzene rings is 2. The number of urea groups is 1. The molecule has 7 nitrogen and oxygen atoms in total. The number of carbonyl (C=O) groups excluding carboxylic acids is 1. The van der Waals surface area contributed by atoms with Gasteiger partial charge in [0.1, 0.15) is 4.90 Å². The zero-order valence-corrected chi connectivity index (χ0v) is 17.2. The molecular formula is C19H16Cl2N4O3S. The van der Waals surface area contributed by atoms with E-state index in [1.54, 1.807) is 30.6 Å². The monoisotopic (exact) mass is 450 g/mol. The van der Waals surface area contributed by atoms with Crippen LogP contribution in [0, 0.1) is 0 Å². The fourth-order valence-corrected chi connectivity index (χ4v) is 4.20. The molecule has 10 heteroatoms. The lowest BCUT2D eigenvalue weighted by molar-refractivity contribution is 0.251. The number of nitrogens with zero attached hydrogens (tertiary/aromatic N) is 1. The molecule has 0 unspecified atom stereocenters. The van der Waals surface area contributed by atoms with Crippen LogP contribution in [0.15, 0.2) is 71.9 Å². The fraction of sp³-hybridized carbons (Fsp3) is 0.0526. The molecule has 0 saturated heterocycles. The molecule has 1 heterocycles. The molecule has 0 aliphatic rings. The fourth-order valence-electron chi connectivity index (χ4n) is 2.38. The van der Waals surface area contributed by atoms with Crippen molar-refractivity contribution in [2.45, 2.75) is 11.4 Å². The Hall–Kier alpha value is -2.81. The maximum Gasteiger partial charge on any atom is 0.319 e. The molecule has 3 rings (SSSR count). The molecule has 150 valence electrons. The summed E-state index contributed by atoms with van der Waals surface area (Å²) in [7, 11) is -3.91. The smallest absolute Gasteiger partial charge is 0.319 e. The molecule has 0 bridgehead atoms. The van der Waals surface area contributed by atoms with Gasteiger partial charge in [0.25, 0.3) is 10.0 Å². The molecule has 2 aromatic carbocycles. The first kappa shape index (κ1) is 20.9. The Labute approximate surface area is 178 Å². The number of amides is 2. The van der Waals surface area contributed by atoms with Gasteiger partial charge in [0.2, 0.25) is 0 Å². The number of halogens is 2. The van der Waals surface area contributed by atoms with Gasteiger partial charge >= 0.3 is 6.03 Å². The molecule has 3 aromatic rings. The summed E-state index contributed by atoms with van der Waals surface area (Å²) in [4.78, 5) is 15.8. The van der Waals surface area contributed by atoms with E-state index in [0.717, 1.165) is 5.56 Å². The Bertz CT molecular complexity index is 1110. The highest BCUT2D eigenvalue weighted by Gasteiger charge is 2.18. The van der Waals surface area contributed by atoms with Gasteiger partial charge in [-0.2, -0.15) is 0 Å². The minimum Gasteiger partial charge on any atom is -0.334 e. The van der Waals surface area contributed by atoms with Crippen LogP contribution in [0.2, 0.25) is 10.0 Å². The van der Waals surface area contributed by atoms with Crippen molar-refractivity contribution in [3.63, 3.8) is 0 Å². The second kappa shape index (κ2) is 9.13. The number of hydrogen-bond donors (Lipinski definition) is 3. The van der Waals surface area contributed by atoms with E-state index in [4.69, 9.17) is 23.2 Å². The maximum absolute atomic E-state index is 12.5. The summed E-state index contributed by atoms with van der Waals surface area (Å²) in [5, 5.41) is 5.69. The van der Waals surface area contributed by atoms with Gasteiger partial charge in [-0.15, -0.1) is 0 Å². The van der Waals surface area contributed by atoms with Gasteiger partial charge in [-0.3, -0.25) is 9.71 Å². The lowest BCUT2D eigenvalue weighted by atomic mass is 10.3. The van der Waals surface area contributed by atoms with Crippen LogP contribution in [-0.2, 0) is 16.6 Å². The van der Waals surface area contributed by atoms with Crippen molar-refractivity contribution in [2.75, 3.05) is 10.0 Å². The molecule has 3 N–H and O–H groups in total. The second-order valence-corrected chi connectivity index (χ2v) is 8.42. The number of pyridine rings is 1. The molecule has 0 fully saturated rings. The van der Waals surface area contributed by atoms with Crippen LogP contribution in [0.25, 0.3) is 0 Å². The molecule has 0 atom stereocenters. The van der Waals surface area contributed by atoms with E-state index in [0.29, 0.717) is 17.9 Å². The normalized spacial score (nSPS) is 11.0. The number of nitrogens with one attached hydrogen (secondary N) is 3. The molecule has 2 amide bonds. The van der Waals surface area contributed by atoms with Crippen LogP contribution in [-0.4, -0.2) is 19.4 Å². The first-order valence-corrected chi connectivity index (χ1v) is 10.6. The van der Waals surface area contributed by atoms with Crippen LogP contribution in [0.4, 0.5) is 16.2 Å². The van der Waals surface area contributed by atoms with Gasteiger partial charge in [-0.25, -0.2) is 13.2 Å². The third-order valence-corrected chi connectivity index (χ3v) is 5.85. The number of sulfonamides is 1. The van der Waals surface area contributed by atoms with Crippen molar-refractivity contribution in [1.82, 2.24) is 10.3 Å². The summed E-state index contributed by atoms with van der Waals surface area (Å²) in [6.45, 7) is 0.331. The highest BCUT2D eigenvalue weighted by molar-refractivity contribution is 7.92. The maximum atomic E-state index is 12.5. The Morgan fingerprint density at radius 2 is 1.72 bits per heavy atom. The number of anilines is 2.